The molecular weight excluding hydrogens is 490 g/mol. The first-order valence-electron chi connectivity index (χ1n) is 12.6. The number of rotatable bonds is 9. The fourth-order valence-electron chi connectivity index (χ4n) is 4.01. The van der Waals surface area contributed by atoms with Gasteiger partial charge in [0, 0.05) is 25.2 Å². The average molecular weight is 524 g/mol. The van der Waals surface area contributed by atoms with Crippen molar-refractivity contribution in [2.24, 2.45) is 4.99 Å². The highest BCUT2D eigenvalue weighted by Gasteiger charge is 2.32. The maximum Gasteiger partial charge on any atom is 0.266 e. The minimum Gasteiger partial charge on any atom is -0.493 e. The number of carbonyl (C=O) groups excluding carboxylic acids is 2. The SMILES string of the molecule is CCCCOc1ccc(/C=C2/SC(=Nc3cccc(C(=O)N4CCOCC4)c3)N(CC)C2=O)cc1OC. The molecular formula is C28H33N3O5S. The predicted octanol–water partition coefficient (Wildman–Crippen LogP) is 4.97. The number of thioether (sulfide) groups is 1. The van der Waals surface area contributed by atoms with Gasteiger partial charge in [0.15, 0.2) is 16.7 Å². The Kier molecular flexibility index (Phi) is 9.24. The number of unbranched alkanes of at least 4 members (excludes halogenated alkanes) is 1. The molecule has 2 aliphatic rings. The van der Waals surface area contributed by atoms with Gasteiger partial charge >= 0.3 is 0 Å². The van der Waals surface area contributed by atoms with Crippen molar-refractivity contribution in [2.75, 3.05) is 46.6 Å². The monoisotopic (exact) mass is 523 g/mol. The molecule has 8 nitrogen and oxygen atoms in total. The van der Waals surface area contributed by atoms with Crippen LogP contribution in [-0.2, 0) is 9.53 Å². The molecule has 0 N–H and O–H groups in total. The molecule has 0 unspecified atom stereocenters. The molecule has 2 aliphatic heterocycles. The molecule has 196 valence electrons. The number of amides is 2. The first-order valence-corrected chi connectivity index (χ1v) is 13.4. The molecule has 0 bridgehead atoms. The highest BCUT2D eigenvalue weighted by molar-refractivity contribution is 8.18. The minimum absolute atomic E-state index is 0.0375. The molecule has 2 fully saturated rings. The normalized spacial score (nSPS) is 18.1. The highest BCUT2D eigenvalue weighted by Crippen LogP contribution is 2.36. The number of carbonyl (C=O) groups is 2. The van der Waals surface area contributed by atoms with Crippen molar-refractivity contribution < 1.29 is 23.8 Å². The second-order valence-corrected chi connectivity index (χ2v) is 9.63. The lowest BCUT2D eigenvalue weighted by molar-refractivity contribution is -0.122. The zero-order valence-corrected chi connectivity index (χ0v) is 22.4. The van der Waals surface area contributed by atoms with Gasteiger partial charge in [-0.25, -0.2) is 4.99 Å². The van der Waals surface area contributed by atoms with Crippen LogP contribution >= 0.6 is 11.8 Å². The van der Waals surface area contributed by atoms with E-state index in [0.29, 0.717) is 72.3 Å². The van der Waals surface area contributed by atoms with Crippen molar-refractivity contribution in [1.82, 2.24) is 9.80 Å². The smallest absolute Gasteiger partial charge is 0.266 e. The summed E-state index contributed by atoms with van der Waals surface area (Å²) in [5.74, 6) is 1.18. The molecule has 4 rings (SSSR count). The van der Waals surface area contributed by atoms with E-state index >= 15 is 0 Å². The van der Waals surface area contributed by atoms with Gasteiger partial charge in [0.2, 0.25) is 0 Å². The van der Waals surface area contributed by atoms with Crippen molar-refractivity contribution in [2.45, 2.75) is 26.7 Å². The fourth-order valence-corrected chi connectivity index (χ4v) is 5.07. The molecule has 2 amide bonds. The molecule has 0 aromatic heterocycles. The topological polar surface area (TPSA) is 80.7 Å². The maximum absolute atomic E-state index is 13.1. The number of methoxy groups -OCH3 is 1. The number of amidine groups is 1. The van der Waals surface area contributed by atoms with E-state index in [1.807, 2.05) is 43.3 Å². The summed E-state index contributed by atoms with van der Waals surface area (Å²) in [6.45, 7) is 7.41. The van der Waals surface area contributed by atoms with Gasteiger partial charge in [-0.1, -0.05) is 25.5 Å². The van der Waals surface area contributed by atoms with Crippen LogP contribution in [0.2, 0.25) is 0 Å². The number of aliphatic imine (C=N–C) groups is 1. The lowest BCUT2D eigenvalue weighted by Gasteiger charge is -2.26. The number of likely N-dealkylation sites (N-methyl/N-ethyl adjacent to an activating group) is 1. The van der Waals surface area contributed by atoms with Crippen molar-refractivity contribution in [1.29, 1.82) is 0 Å². The zero-order valence-electron chi connectivity index (χ0n) is 21.6. The summed E-state index contributed by atoms with van der Waals surface area (Å²) in [4.78, 5) is 34.8. The summed E-state index contributed by atoms with van der Waals surface area (Å²) in [7, 11) is 1.61. The van der Waals surface area contributed by atoms with E-state index < -0.39 is 0 Å². The van der Waals surface area contributed by atoms with Crippen molar-refractivity contribution in [3.05, 3.63) is 58.5 Å². The number of nitrogens with zero attached hydrogens (tertiary/aromatic N) is 3. The summed E-state index contributed by atoms with van der Waals surface area (Å²) in [6.07, 6.45) is 3.87. The van der Waals surface area contributed by atoms with E-state index in [4.69, 9.17) is 19.2 Å². The summed E-state index contributed by atoms with van der Waals surface area (Å²) in [5, 5.41) is 0.584. The van der Waals surface area contributed by atoms with E-state index in [2.05, 4.69) is 6.92 Å². The quantitative estimate of drug-likeness (QED) is 0.341. The van der Waals surface area contributed by atoms with E-state index in [9.17, 15) is 9.59 Å². The van der Waals surface area contributed by atoms with Gasteiger partial charge in [0.1, 0.15) is 0 Å². The van der Waals surface area contributed by atoms with Crippen LogP contribution in [0.4, 0.5) is 5.69 Å². The largest absolute Gasteiger partial charge is 0.493 e. The number of hydrogen-bond donors (Lipinski definition) is 0. The molecule has 2 aromatic rings. The summed E-state index contributed by atoms with van der Waals surface area (Å²) in [6, 6.07) is 12.9. The molecule has 2 aromatic carbocycles. The lowest BCUT2D eigenvalue weighted by Crippen LogP contribution is -2.40. The lowest BCUT2D eigenvalue weighted by atomic mass is 10.1. The number of hydrogen-bond acceptors (Lipinski definition) is 7. The van der Waals surface area contributed by atoms with Crippen LogP contribution < -0.4 is 9.47 Å². The Hall–Kier alpha value is -3.30. The van der Waals surface area contributed by atoms with Crippen molar-refractivity contribution in [3.63, 3.8) is 0 Å². The second kappa shape index (κ2) is 12.8. The van der Waals surface area contributed by atoms with Gasteiger partial charge in [0.05, 0.1) is 37.5 Å². The molecule has 2 heterocycles. The number of benzene rings is 2. The molecule has 0 atom stereocenters. The van der Waals surface area contributed by atoms with Crippen molar-refractivity contribution in [3.8, 4) is 11.5 Å². The van der Waals surface area contributed by atoms with Gasteiger partial charge < -0.3 is 19.1 Å². The van der Waals surface area contributed by atoms with E-state index in [1.165, 1.54) is 11.8 Å². The fraction of sp³-hybridized carbons (Fsp3) is 0.393. The molecule has 9 heteroatoms. The molecule has 0 radical (unpaired) electrons. The molecule has 0 saturated carbocycles. The molecule has 37 heavy (non-hydrogen) atoms. The second-order valence-electron chi connectivity index (χ2n) is 8.62. The summed E-state index contributed by atoms with van der Waals surface area (Å²) < 4.78 is 16.7. The first kappa shape index (κ1) is 26.8. The van der Waals surface area contributed by atoms with Gasteiger partial charge in [-0.15, -0.1) is 0 Å². The van der Waals surface area contributed by atoms with Crippen LogP contribution in [0.3, 0.4) is 0 Å². The Labute approximate surface area is 222 Å². The third-order valence-corrected chi connectivity index (χ3v) is 7.07. The molecule has 0 spiro atoms. The predicted molar refractivity (Wildman–Crippen MR) is 147 cm³/mol. The van der Waals surface area contributed by atoms with Crippen LogP contribution in [0.1, 0.15) is 42.6 Å². The standard InChI is InChI=1S/C28H33N3O5S/c1-4-6-14-36-23-11-10-20(17-24(23)34-3)18-25-27(33)31(5-2)28(37-25)29-22-9-7-8-21(19-22)26(32)30-12-15-35-16-13-30/h7-11,17-19H,4-6,12-16H2,1-3H3/b25-18+,29-28?. The van der Waals surface area contributed by atoms with Crippen LogP contribution in [0.5, 0.6) is 11.5 Å². The van der Waals surface area contributed by atoms with Gasteiger partial charge in [-0.2, -0.15) is 0 Å². The number of morpholine rings is 1. The Morgan fingerprint density at radius 2 is 1.95 bits per heavy atom. The van der Waals surface area contributed by atoms with E-state index in [0.717, 1.165) is 18.4 Å². The van der Waals surface area contributed by atoms with Gasteiger partial charge in [0.25, 0.3) is 11.8 Å². The van der Waals surface area contributed by atoms with Gasteiger partial charge in [-0.3, -0.25) is 14.5 Å². The first-order chi connectivity index (χ1) is 18.0. The third-order valence-electron chi connectivity index (χ3n) is 6.06. The minimum atomic E-state index is -0.103. The van der Waals surface area contributed by atoms with E-state index in [1.54, 1.807) is 29.0 Å². The highest BCUT2D eigenvalue weighted by atomic mass is 32.2. The zero-order chi connectivity index (χ0) is 26.2. The Balaban J connectivity index is 1.54. The Bertz CT molecular complexity index is 1190. The van der Waals surface area contributed by atoms with Crippen LogP contribution in [-0.4, -0.2) is 73.3 Å². The average Bonchev–Trinajstić information content (AvgIpc) is 3.22. The van der Waals surface area contributed by atoms with Crippen LogP contribution in [0.15, 0.2) is 52.4 Å². The van der Waals surface area contributed by atoms with Gasteiger partial charge in [-0.05, 0) is 67.1 Å². The summed E-state index contributed by atoms with van der Waals surface area (Å²) >= 11 is 1.32. The number of ether oxygens (including phenoxy) is 3. The Morgan fingerprint density at radius 1 is 1.14 bits per heavy atom. The van der Waals surface area contributed by atoms with Crippen LogP contribution in [0.25, 0.3) is 6.08 Å². The third kappa shape index (κ3) is 6.53. The van der Waals surface area contributed by atoms with E-state index in [-0.39, 0.29) is 11.8 Å². The van der Waals surface area contributed by atoms with Crippen LogP contribution in [0, 0.1) is 0 Å². The summed E-state index contributed by atoms with van der Waals surface area (Å²) in [5.41, 5.74) is 2.04. The maximum atomic E-state index is 13.1. The van der Waals surface area contributed by atoms with Crippen molar-refractivity contribution >= 4 is 40.5 Å². The molecule has 0 aliphatic carbocycles. The Morgan fingerprint density at radius 3 is 2.68 bits per heavy atom. The molecule has 2 saturated heterocycles.